The molecule has 13 heavy (non-hydrogen) atoms. The van der Waals surface area contributed by atoms with Gasteiger partial charge in [0, 0.05) is 0 Å². The standard InChI is InChI=1S/C11H24N2/c1-3-12-6-4-7-13-8-5-11-9-10(11)2/h10-13H,3-9H2,1-2H3. The summed E-state index contributed by atoms with van der Waals surface area (Å²) < 4.78 is 0. The molecule has 1 aliphatic rings. The normalized spacial score (nSPS) is 26.3. The molecule has 1 rings (SSSR count). The van der Waals surface area contributed by atoms with Crippen molar-refractivity contribution in [1.82, 2.24) is 10.6 Å². The van der Waals surface area contributed by atoms with Crippen LogP contribution in [0.2, 0.25) is 0 Å². The second kappa shape index (κ2) is 6.39. The summed E-state index contributed by atoms with van der Waals surface area (Å²) in [5, 5.41) is 6.82. The largest absolute Gasteiger partial charge is 0.317 e. The summed E-state index contributed by atoms with van der Waals surface area (Å²) in [4.78, 5) is 0. The molecule has 0 bridgehead atoms. The fourth-order valence-electron chi connectivity index (χ4n) is 1.73. The quantitative estimate of drug-likeness (QED) is 0.560. The molecule has 0 aromatic carbocycles. The van der Waals surface area contributed by atoms with Gasteiger partial charge in [-0.1, -0.05) is 13.8 Å². The summed E-state index contributed by atoms with van der Waals surface area (Å²) in [7, 11) is 0. The first-order valence-electron chi connectivity index (χ1n) is 5.76. The van der Waals surface area contributed by atoms with Crippen LogP contribution in [0.1, 0.15) is 33.1 Å². The highest BCUT2D eigenvalue weighted by Gasteiger charge is 2.31. The Morgan fingerprint density at radius 1 is 1.15 bits per heavy atom. The minimum Gasteiger partial charge on any atom is -0.317 e. The zero-order valence-corrected chi connectivity index (χ0v) is 9.10. The Morgan fingerprint density at radius 2 is 1.85 bits per heavy atom. The lowest BCUT2D eigenvalue weighted by molar-refractivity contribution is 0.564. The van der Waals surface area contributed by atoms with E-state index in [-0.39, 0.29) is 0 Å². The highest BCUT2D eigenvalue weighted by Crippen LogP contribution is 2.39. The SMILES string of the molecule is CCNCCCNCCC1CC1C. The predicted octanol–water partition coefficient (Wildman–Crippen LogP) is 1.62. The summed E-state index contributed by atoms with van der Waals surface area (Å²) in [5.74, 6) is 2.06. The number of rotatable bonds is 8. The van der Waals surface area contributed by atoms with Crippen LogP contribution in [0, 0.1) is 11.8 Å². The zero-order valence-electron chi connectivity index (χ0n) is 9.10. The van der Waals surface area contributed by atoms with Crippen LogP contribution in [0.5, 0.6) is 0 Å². The fourth-order valence-corrected chi connectivity index (χ4v) is 1.73. The van der Waals surface area contributed by atoms with Crippen molar-refractivity contribution in [3.05, 3.63) is 0 Å². The Bertz CT molecular complexity index is 125. The highest BCUT2D eigenvalue weighted by molar-refractivity contribution is 4.82. The average Bonchev–Trinajstić information content (AvgIpc) is 2.81. The van der Waals surface area contributed by atoms with Crippen molar-refractivity contribution in [2.75, 3.05) is 26.2 Å². The van der Waals surface area contributed by atoms with Gasteiger partial charge in [-0.2, -0.15) is 0 Å². The monoisotopic (exact) mass is 184 g/mol. The third-order valence-electron chi connectivity index (χ3n) is 2.93. The fraction of sp³-hybridized carbons (Fsp3) is 1.00. The van der Waals surface area contributed by atoms with Gasteiger partial charge in [-0.25, -0.2) is 0 Å². The highest BCUT2D eigenvalue weighted by atomic mass is 14.9. The molecule has 0 spiro atoms. The number of nitrogens with one attached hydrogen (secondary N) is 2. The average molecular weight is 184 g/mol. The van der Waals surface area contributed by atoms with Crippen LogP contribution in [0.4, 0.5) is 0 Å². The van der Waals surface area contributed by atoms with Crippen molar-refractivity contribution in [2.24, 2.45) is 11.8 Å². The van der Waals surface area contributed by atoms with E-state index in [4.69, 9.17) is 0 Å². The Labute approximate surface area is 82.5 Å². The Kier molecular flexibility index (Phi) is 5.40. The molecule has 2 N–H and O–H groups in total. The minimum atomic E-state index is 1.02. The van der Waals surface area contributed by atoms with Crippen molar-refractivity contribution in [1.29, 1.82) is 0 Å². The summed E-state index contributed by atoms with van der Waals surface area (Å²) in [5.41, 5.74) is 0. The summed E-state index contributed by atoms with van der Waals surface area (Å²) >= 11 is 0. The molecule has 1 aliphatic carbocycles. The first-order valence-corrected chi connectivity index (χ1v) is 5.76. The molecule has 0 aliphatic heterocycles. The van der Waals surface area contributed by atoms with Crippen molar-refractivity contribution in [2.45, 2.75) is 33.1 Å². The van der Waals surface area contributed by atoms with E-state index in [0.29, 0.717) is 0 Å². The van der Waals surface area contributed by atoms with E-state index in [1.807, 2.05) is 0 Å². The predicted molar refractivity (Wildman–Crippen MR) is 57.9 cm³/mol. The maximum Gasteiger partial charge on any atom is -0.00368 e. The van der Waals surface area contributed by atoms with Gasteiger partial charge in [-0.3, -0.25) is 0 Å². The van der Waals surface area contributed by atoms with E-state index < -0.39 is 0 Å². The first-order chi connectivity index (χ1) is 6.34. The van der Waals surface area contributed by atoms with Gasteiger partial charge in [0.15, 0.2) is 0 Å². The molecule has 2 atom stereocenters. The van der Waals surface area contributed by atoms with Crippen molar-refractivity contribution >= 4 is 0 Å². The summed E-state index contributed by atoms with van der Waals surface area (Å²) in [6.07, 6.45) is 4.12. The van der Waals surface area contributed by atoms with Gasteiger partial charge in [-0.15, -0.1) is 0 Å². The van der Waals surface area contributed by atoms with Gasteiger partial charge < -0.3 is 10.6 Å². The Hall–Kier alpha value is -0.0800. The van der Waals surface area contributed by atoms with E-state index >= 15 is 0 Å². The molecule has 0 aromatic rings. The Morgan fingerprint density at radius 3 is 2.46 bits per heavy atom. The second-order valence-electron chi connectivity index (χ2n) is 4.22. The molecule has 2 heteroatoms. The van der Waals surface area contributed by atoms with E-state index in [1.165, 1.54) is 32.4 Å². The minimum absolute atomic E-state index is 1.02. The lowest BCUT2D eigenvalue weighted by Gasteiger charge is -2.04. The van der Waals surface area contributed by atoms with Crippen LogP contribution in [-0.4, -0.2) is 26.2 Å². The number of hydrogen-bond acceptors (Lipinski definition) is 2. The van der Waals surface area contributed by atoms with Crippen LogP contribution >= 0.6 is 0 Å². The molecule has 0 aromatic heterocycles. The molecule has 0 radical (unpaired) electrons. The molecule has 0 saturated heterocycles. The smallest absolute Gasteiger partial charge is 0.00368 e. The van der Waals surface area contributed by atoms with Crippen LogP contribution in [-0.2, 0) is 0 Å². The molecule has 78 valence electrons. The van der Waals surface area contributed by atoms with Crippen LogP contribution in [0.3, 0.4) is 0 Å². The Balaban J connectivity index is 1.69. The molecule has 1 fully saturated rings. The van der Waals surface area contributed by atoms with Gasteiger partial charge in [0.05, 0.1) is 0 Å². The summed E-state index contributed by atoms with van der Waals surface area (Å²) in [6, 6.07) is 0. The zero-order chi connectivity index (χ0) is 9.52. The van der Waals surface area contributed by atoms with E-state index in [1.54, 1.807) is 0 Å². The molecule has 0 amide bonds. The molecule has 2 nitrogen and oxygen atoms in total. The number of hydrogen-bond donors (Lipinski definition) is 2. The summed E-state index contributed by atoms with van der Waals surface area (Å²) in [6.45, 7) is 9.16. The lowest BCUT2D eigenvalue weighted by atomic mass is 10.2. The maximum atomic E-state index is 3.50. The topological polar surface area (TPSA) is 24.1 Å². The third-order valence-corrected chi connectivity index (χ3v) is 2.93. The van der Waals surface area contributed by atoms with Crippen molar-refractivity contribution in [3.8, 4) is 0 Å². The first kappa shape index (κ1) is 11.0. The van der Waals surface area contributed by atoms with E-state index in [2.05, 4.69) is 24.5 Å². The van der Waals surface area contributed by atoms with Gasteiger partial charge in [0.1, 0.15) is 0 Å². The maximum absolute atomic E-state index is 3.50. The van der Waals surface area contributed by atoms with Crippen molar-refractivity contribution < 1.29 is 0 Å². The van der Waals surface area contributed by atoms with Gasteiger partial charge in [0.2, 0.25) is 0 Å². The van der Waals surface area contributed by atoms with Crippen LogP contribution in [0.25, 0.3) is 0 Å². The van der Waals surface area contributed by atoms with E-state index in [0.717, 1.165) is 24.9 Å². The lowest BCUT2D eigenvalue weighted by Crippen LogP contribution is -2.22. The molecular formula is C11H24N2. The second-order valence-corrected chi connectivity index (χ2v) is 4.22. The van der Waals surface area contributed by atoms with Crippen molar-refractivity contribution in [3.63, 3.8) is 0 Å². The molecular weight excluding hydrogens is 160 g/mol. The molecule has 1 saturated carbocycles. The van der Waals surface area contributed by atoms with Crippen LogP contribution in [0.15, 0.2) is 0 Å². The van der Waals surface area contributed by atoms with Gasteiger partial charge in [-0.05, 0) is 57.3 Å². The van der Waals surface area contributed by atoms with Gasteiger partial charge >= 0.3 is 0 Å². The van der Waals surface area contributed by atoms with Gasteiger partial charge in [0.25, 0.3) is 0 Å². The van der Waals surface area contributed by atoms with Crippen LogP contribution < -0.4 is 10.6 Å². The molecule has 0 heterocycles. The van der Waals surface area contributed by atoms with E-state index in [9.17, 15) is 0 Å². The third kappa shape index (κ3) is 5.27. The molecule has 2 unspecified atom stereocenters.